The maximum atomic E-state index is 11.8. The molecule has 2 aromatic heterocycles. The van der Waals surface area contributed by atoms with Crippen LogP contribution in [0.5, 0.6) is 0 Å². The molecular formula is C14H11N3O5S. The number of amides is 1. The molecule has 0 aliphatic rings. The fourth-order valence-electron chi connectivity index (χ4n) is 1.82. The van der Waals surface area contributed by atoms with Crippen molar-refractivity contribution in [2.75, 3.05) is 11.6 Å². The van der Waals surface area contributed by atoms with E-state index in [0.717, 1.165) is 6.26 Å². The second-order valence-corrected chi connectivity index (χ2v) is 6.66. The van der Waals surface area contributed by atoms with Gasteiger partial charge in [-0.25, -0.2) is 8.42 Å². The molecule has 3 rings (SSSR count). The van der Waals surface area contributed by atoms with E-state index in [2.05, 4.69) is 15.5 Å². The van der Waals surface area contributed by atoms with E-state index in [-0.39, 0.29) is 22.6 Å². The van der Waals surface area contributed by atoms with Gasteiger partial charge in [0.1, 0.15) is 0 Å². The van der Waals surface area contributed by atoms with Crippen LogP contribution in [-0.4, -0.2) is 30.8 Å². The molecule has 0 radical (unpaired) electrons. The average molecular weight is 333 g/mol. The summed E-state index contributed by atoms with van der Waals surface area (Å²) in [6.07, 6.45) is 2.47. The van der Waals surface area contributed by atoms with Crippen LogP contribution in [0, 0.1) is 0 Å². The molecule has 0 aliphatic carbocycles. The molecule has 0 aliphatic heterocycles. The van der Waals surface area contributed by atoms with Gasteiger partial charge in [0.2, 0.25) is 5.89 Å². The number of nitrogens with zero attached hydrogens (tertiary/aromatic N) is 2. The molecule has 1 aromatic carbocycles. The molecule has 9 heteroatoms. The standard InChI is InChI=1S/C14H11N3O5S/c1-23(19,20)10-5-2-4-9(8-10)13-16-17-14(22-13)15-12(18)11-6-3-7-21-11/h2-8H,1H3,(H,15,17,18). The van der Waals surface area contributed by atoms with Crippen LogP contribution in [0.1, 0.15) is 10.6 Å². The molecule has 0 spiro atoms. The molecule has 0 atom stereocenters. The minimum absolute atomic E-state index is 0.0882. The zero-order valence-electron chi connectivity index (χ0n) is 11.9. The van der Waals surface area contributed by atoms with Gasteiger partial charge in [-0.1, -0.05) is 11.2 Å². The summed E-state index contributed by atoms with van der Waals surface area (Å²) in [4.78, 5) is 11.9. The number of rotatable bonds is 4. The van der Waals surface area contributed by atoms with Gasteiger partial charge in [0.15, 0.2) is 15.6 Å². The van der Waals surface area contributed by atoms with Gasteiger partial charge in [-0.3, -0.25) is 10.1 Å². The number of furan rings is 1. The fourth-order valence-corrected chi connectivity index (χ4v) is 2.48. The van der Waals surface area contributed by atoms with E-state index in [1.165, 1.54) is 24.5 Å². The van der Waals surface area contributed by atoms with Crippen molar-refractivity contribution in [3.63, 3.8) is 0 Å². The Morgan fingerprint density at radius 3 is 2.70 bits per heavy atom. The van der Waals surface area contributed by atoms with Crippen LogP contribution >= 0.6 is 0 Å². The molecule has 23 heavy (non-hydrogen) atoms. The van der Waals surface area contributed by atoms with Crippen molar-refractivity contribution in [1.29, 1.82) is 0 Å². The summed E-state index contributed by atoms with van der Waals surface area (Å²) in [5.41, 5.74) is 0.430. The van der Waals surface area contributed by atoms with Gasteiger partial charge in [-0.15, -0.1) is 5.10 Å². The van der Waals surface area contributed by atoms with Crippen molar-refractivity contribution in [1.82, 2.24) is 10.2 Å². The van der Waals surface area contributed by atoms with Crippen molar-refractivity contribution >= 4 is 21.8 Å². The van der Waals surface area contributed by atoms with Crippen molar-refractivity contribution in [2.24, 2.45) is 0 Å². The smallest absolute Gasteiger partial charge is 0.322 e. The maximum absolute atomic E-state index is 11.8. The van der Waals surface area contributed by atoms with Crippen molar-refractivity contribution in [3.05, 3.63) is 48.4 Å². The number of anilines is 1. The number of hydrogen-bond acceptors (Lipinski definition) is 7. The Kier molecular flexibility index (Phi) is 3.70. The zero-order chi connectivity index (χ0) is 16.4. The largest absolute Gasteiger partial charge is 0.459 e. The highest BCUT2D eigenvalue weighted by atomic mass is 32.2. The second-order valence-electron chi connectivity index (χ2n) is 4.64. The van der Waals surface area contributed by atoms with E-state index in [4.69, 9.17) is 8.83 Å². The molecule has 0 bridgehead atoms. The molecule has 2 heterocycles. The van der Waals surface area contributed by atoms with Gasteiger partial charge < -0.3 is 8.83 Å². The Bertz CT molecular complexity index is 944. The monoisotopic (exact) mass is 333 g/mol. The first-order valence-electron chi connectivity index (χ1n) is 6.42. The SMILES string of the molecule is CS(=O)(=O)c1cccc(-c2nnc(NC(=O)c3ccco3)o2)c1. The number of carbonyl (C=O) groups excluding carboxylic acids is 1. The number of benzene rings is 1. The Hall–Kier alpha value is -2.94. The molecular weight excluding hydrogens is 322 g/mol. The number of sulfone groups is 1. The highest BCUT2D eigenvalue weighted by Gasteiger charge is 2.15. The van der Waals surface area contributed by atoms with Crippen LogP contribution in [0.4, 0.5) is 6.01 Å². The lowest BCUT2D eigenvalue weighted by atomic mass is 10.2. The Morgan fingerprint density at radius 1 is 1.17 bits per heavy atom. The predicted octanol–water partition coefficient (Wildman–Crippen LogP) is 1.99. The van der Waals surface area contributed by atoms with Gasteiger partial charge in [-0.05, 0) is 30.3 Å². The minimum Gasteiger partial charge on any atom is -0.459 e. The highest BCUT2D eigenvalue weighted by molar-refractivity contribution is 7.90. The maximum Gasteiger partial charge on any atom is 0.322 e. The summed E-state index contributed by atoms with van der Waals surface area (Å²) in [7, 11) is -3.35. The van der Waals surface area contributed by atoms with E-state index < -0.39 is 15.7 Å². The van der Waals surface area contributed by atoms with Crippen LogP contribution in [0.15, 0.2) is 56.4 Å². The lowest BCUT2D eigenvalue weighted by Gasteiger charge is -2.00. The zero-order valence-corrected chi connectivity index (χ0v) is 12.7. The van der Waals surface area contributed by atoms with Gasteiger partial charge >= 0.3 is 6.01 Å². The molecule has 0 saturated carbocycles. The number of hydrogen-bond donors (Lipinski definition) is 1. The molecule has 0 fully saturated rings. The third-order valence-electron chi connectivity index (χ3n) is 2.90. The number of nitrogens with one attached hydrogen (secondary N) is 1. The van der Waals surface area contributed by atoms with Gasteiger partial charge in [0.25, 0.3) is 5.91 Å². The Morgan fingerprint density at radius 2 is 2.00 bits per heavy atom. The molecule has 118 valence electrons. The summed E-state index contributed by atoms with van der Waals surface area (Å²) < 4.78 is 33.4. The third-order valence-corrected chi connectivity index (χ3v) is 4.01. The fraction of sp³-hybridized carbons (Fsp3) is 0.0714. The normalized spacial score (nSPS) is 11.3. The van der Waals surface area contributed by atoms with Crippen LogP contribution in [0.3, 0.4) is 0 Å². The first kappa shape index (κ1) is 15.0. The second kappa shape index (κ2) is 5.69. The van der Waals surface area contributed by atoms with Gasteiger partial charge in [0.05, 0.1) is 11.2 Å². The third kappa shape index (κ3) is 3.29. The van der Waals surface area contributed by atoms with Crippen LogP contribution in [-0.2, 0) is 9.84 Å². The van der Waals surface area contributed by atoms with E-state index in [1.54, 1.807) is 18.2 Å². The summed E-state index contributed by atoms with van der Waals surface area (Å²) in [6, 6.07) is 9.02. The minimum atomic E-state index is -3.35. The quantitative estimate of drug-likeness (QED) is 0.776. The van der Waals surface area contributed by atoms with Crippen molar-refractivity contribution in [2.45, 2.75) is 4.90 Å². The Labute approximate surface area is 131 Å². The summed E-state index contributed by atoms with van der Waals surface area (Å²) in [6.45, 7) is 0. The van der Waals surface area contributed by atoms with E-state index >= 15 is 0 Å². The topological polar surface area (TPSA) is 115 Å². The van der Waals surface area contributed by atoms with Crippen molar-refractivity contribution in [3.8, 4) is 11.5 Å². The van der Waals surface area contributed by atoms with E-state index in [9.17, 15) is 13.2 Å². The average Bonchev–Trinajstić information content (AvgIpc) is 3.18. The highest BCUT2D eigenvalue weighted by Crippen LogP contribution is 2.23. The molecule has 1 amide bonds. The lowest BCUT2D eigenvalue weighted by molar-refractivity contribution is 0.0994. The number of aromatic nitrogens is 2. The Balaban J connectivity index is 1.84. The molecule has 3 aromatic rings. The van der Waals surface area contributed by atoms with E-state index in [0.29, 0.717) is 5.56 Å². The number of carbonyl (C=O) groups is 1. The van der Waals surface area contributed by atoms with Gasteiger partial charge in [-0.2, -0.15) is 0 Å². The van der Waals surface area contributed by atoms with E-state index in [1.807, 2.05) is 0 Å². The van der Waals surface area contributed by atoms with Crippen LogP contribution in [0.2, 0.25) is 0 Å². The first-order chi connectivity index (χ1) is 10.9. The summed E-state index contributed by atoms with van der Waals surface area (Å²) in [5.74, 6) is -0.343. The summed E-state index contributed by atoms with van der Waals surface area (Å²) >= 11 is 0. The van der Waals surface area contributed by atoms with Crippen LogP contribution < -0.4 is 5.32 Å². The first-order valence-corrected chi connectivity index (χ1v) is 8.31. The predicted molar refractivity (Wildman–Crippen MR) is 79.5 cm³/mol. The molecule has 0 unspecified atom stereocenters. The van der Waals surface area contributed by atoms with Gasteiger partial charge in [0, 0.05) is 11.8 Å². The summed E-state index contributed by atoms with van der Waals surface area (Å²) in [5, 5.41) is 9.87. The molecule has 0 saturated heterocycles. The molecule has 8 nitrogen and oxygen atoms in total. The van der Waals surface area contributed by atoms with Crippen LogP contribution in [0.25, 0.3) is 11.5 Å². The molecule has 1 N–H and O–H groups in total. The van der Waals surface area contributed by atoms with Crippen molar-refractivity contribution < 1.29 is 22.0 Å². The lowest BCUT2D eigenvalue weighted by Crippen LogP contribution is -2.10.